The van der Waals surface area contributed by atoms with Gasteiger partial charge < -0.3 is 5.32 Å². The lowest BCUT2D eigenvalue weighted by Gasteiger charge is -2.23. The molecule has 0 heterocycles. The maximum absolute atomic E-state index is 13.4. The summed E-state index contributed by atoms with van der Waals surface area (Å²) in [4.78, 5) is 12.1. The molecule has 1 aromatic carbocycles. The van der Waals surface area contributed by atoms with E-state index in [0.717, 1.165) is 48.4 Å². The minimum absolute atomic E-state index is 0.00339. The molecule has 0 bridgehead atoms. The van der Waals surface area contributed by atoms with Crippen molar-refractivity contribution in [2.75, 3.05) is 17.1 Å². The van der Waals surface area contributed by atoms with Crippen LogP contribution in [-0.4, -0.2) is 33.2 Å². The fourth-order valence-electron chi connectivity index (χ4n) is 3.05. The first-order valence-corrected chi connectivity index (χ1v) is 10.3. The van der Waals surface area contributed by atoms with Gasteiger partial charge in [0.1, 0.15) is 0 Å². The van der Waals surface area contributed by atoms with Crippen molar-refractivity contribution in [3.8, 4) is 0 Å². The largest absolute Gasteiger partial charge is 0.353 e. The highest BCUT2D eigenvalue weighted by atomic mass is 32.2. The lowest BCUT2D eigenvalue weighted by molar-refractivity contribution is -0.121. The summed E-state index contributed by atoms with van der Waals surface area (Å²) < 4.78 is 51.3. The summed E-state index contributed by atoms with van der Waals surface area (Å²) in [6.45, 7) is -0.123. The van der Waals surface area contributed by atoms with Gasteiger partial charge in [-0.25, -0.2) is 17.2 Å². The zero-order chi connectivity index (χ0) is 18.4. The van der Waals surface area contributed by atoms with E-state index in [0.29, 0.717) is 0 Å². The second-order valence-electron chi connectivity index (χ2n) is 6.44. The second-order valence-corrected chi connectivity index (χ2v) is 8.35. The van der Waals surface area contributed by atoms with Crippen molar-refractivity contribution in [1.82, 2.24) is 5.32 Å². The summed E-state index contributed by atoms with van der Waals surface area (Å²) in [6, 6.07) is 3.00. The van der Waals surface area contributed by atoms with Gasteiger partial charge in [-0.15, -0.1) is 0 Å². The molecular weight excluding hydrogens is 350 g/mol. The van der Waals surface area contributed by atoms with E-state index in [4.69, 9.17) is 0 Å². The highest BCUT2D eigenvalue weighted by Gasteiger charge is 2.21. The van der Waals surface area contributed by atoms with Crippen LogP contribution in [0.15, 0.2) is 18.2 Å². The van der Waals surface area contributed by atoms with Crippen molar-refractivity contribution in [2.24, 2.45) is 0 Å². The number of hydrogen-bond acceptors (Lipinski definition) is 3. The fourth-order valence-corrected chi connectivity index (χ4v) is 3.97. The van der Waals surface area contributed by atoms with Crippen LogP contribution in [0.3, 0.4) is 0 Å². The monoisotopic (exact) mass is 374 g/mol. The lowest BCUT2D eigenvalue weighted by Crippen LogP contribution is -2.38. The molecule has 1 aliphatic rings. The molecule has 0 saturated heterocycles. The molecule has 25 heavy (non-hydrogen) atoms. The average Bonchev–Trinajstić information content (AvgIpc) is 2.78. The Labute approximate surface area is 147 Å². The van der Waals surface area contributed by atoms with E-state index in [1.807, 2.05) is 0 Å². The Kier molecular flexibility index (Phi) is 6.75. The predicted molar refractivity (Wildman–Crippen MR) is 92.8 cm³/mol. The topological polar surface area (TPSA) is 66.5 Å². The molecule has 140 valence electrons. The maximum atomic E-state index is 13.4. The number of benzene rings is 1. The molecule has 8 heteroatoms. The van der Waals surface area contributed by atoms with Gasteiger partial charge >= 0.3 is 0 Å². The summed E-state index contributed by atoms with van der Waals surface area (Å²) in [5, 5.41) is 2.94. The molecule has 0 aromatic heterocycles. The van der Waals surface area contributed by atoms with Gasteiger partial charge in [0.25, 0.3) is 0 Å². The average molecular weight is 374 g/mol. The summed E-state index contributed by atoms with van der Waals surface area (Å²) >= 11 is 0. The summed E-state index contributed by atoms with van der Waals surface area (Å²) in [6.07, 6.45) is 7.30. The third kappa shape index (κ3) is 5.95. The van der Waals surface area contributed by atoms with Gasteiger partial charge in [0.05, 0.1) is 11.9 Å². The van der Waals surface area contributed by atoms with Crippen LogP contribution in [0.2, 0.25) is 0 Å². The van der Waals surface area contributed by atoms with E-state index in [9.17, 15) is 22.0 Å². The fraction of sp³-hybridized carbons (Fsp3) is 0.588. The Morgan fingerprint density at radius 3 is 2.36 bits per heavy atom. The van der Waals surface area contributed by atoms with Gasteiger partial charge in [0, 0.05) is 25.1 Å². The van der Waals surface area contributed by atoms with Crippen LogP contribution in [0.4, 0.5) is 14.5 Å². The number of hydrogen-bond donors (Lipinski definition) is 1. The molecule has 2 rings (SSSR count). The van der Waals surface area contributed by atoms with Crippen LogP contribution in [0.5, 0.6) is 0 Å². The standard InChI is InChI=1S/C17H24F2N2O3S/c1-25(23,24)21(14-8-9-15(18)16(19)12-14)11-10-17(22)20-13-6-4-2-3-5-7-13/h8-9,12-13H,2-7,10-11H2,1H3,(H,20,22). The van der Waals surface area contributed by atoms with Gasteiger partial charge in [-0.1, -0.05) is 25.7 Å². The lowest BCUT2D eigenvalue weighted by atomic mass is 10.1. The summed E-state index contributed by atoms with van der Waals surface area (Å²) in [7, 11) is -3.72. The maximum Gasteiger partial charge on any atom is 0.232 e. The Bertz CT molecular complexity index is 702. The van der Waals surface area contributed by atoms with Gasteiger partial charge in [0.15, 0.2) is 11.6 Å². The predicted octanol–water partition coefficient (Wildman–Crippen LogP) is 2.96. The second kappa shape index (κ2) is 8.60. The number of rotatable bonds is 6. The quantitative estimate of drug-likeness (QED) is 0.779. The molecule has 0 aliphatic heterocycles. The highest BCUT2D eigenvalue weighted by Crippen LogP contribution is 2.21. The van der Waals surface area contributed by atoms with Gasteiger partial charge in [0.2, 0.25) is 15.9 Å². The normalized spacial score (nSPS) is 16.3. The van der Waals surface area contributed by atoms with Crippen molar-refractivity contribution < 1.29 is 22.0 Å². The van der Waals surface area contributed by atoms with E-state index in [-0.39, 0.29) is 30.6 Å². The van der Waals surface area contributed by atoms with Crippen molar-refractivity contribution in [3.05, 3.63) is 29.8 Å². The molecular formula is C17H24F2N2O3S. The number of anilines is 1. The molecule has 0 radical (unpaired) electrons. The Morgan fingerprint density at radius 1 is 1.16 bits per heavy atom. The van der Waals surface area contributed by atoms with E-state index in [1.165, 1.54) is 18.9 Å². The molecule has 0 spiro atoms. The molecule has 1 fully saturated rings. The number of carbonyl (C=O) groups excluding carboxylic acids is 1. The van der Waals surface area contributed by atoms with E-state index in [1.54, 1.807) is 0 Å². The number of carbonyl (C=O) groups is 1. The summed E-state index contributed by atoms with van der Waals surface area (Å²) in [5.74, 6) is -2.42. The molecule has 1 amide bonds. The van der Waals surface area contributed by atoms with Gasteiger partial charge in [-0.05, 0) is 25.0 Å². The highest BCUT2D eigenvalue weighted by molar-refractivity contribution is 7.92. The van der Waals surface area contributed by atoms with Crippen LogP contribution in [0, 0.1) is 11.6 Å². The summed E-state index contributed by atoms with van der Waals surface area (Å²) in [5.41, 5.74) is 0.00339. The van der Waals surface area contributed by atoms with Crippen molar-refractivity contribution in [2.45, 2.75) is 51.0 Å². The Morgan fingerprint density at radius 2 is 1.80 bits per heavy atom. The van der Waals surface area contributed by atoms with Crippen molar-refractivity contribution >= 4 is 21.6 Å². The number of halogens is 2. The molecule has 1 aromatic rings. The number of amides is 1. The third-order valence-electron chi connectivity index (χ3n) is 4.35. The zero-order valence-electron chi connectivity index (χ0n) is 14.3. The van der Waals surface area contributed by atoms with Crippen LogP contribution >= 0.6 is 0 Å². The van der Waals surface area contributed by atoms with Crippen LogP contribution in [0.25, 0.3) is 0 Å². The first-order valence-electron chi connectivity index (χ1n) is 8.49. The molecule has 1 saturated carbocycles. The smallest absolute Gasteiger partial charge is 0.232 e. The Hall–Kier alpha value is -1.70. The van der Waals surface area contributed by atoms with Gasteiger partial charge in [-0.3, -0.25) is 9.10 Å². The van der Waals surface area contributed by atoms with E-state index >= 15 is 0 Å². The van der Waals surface area contributed by atoms with E-state index < -0.39 is 21.7 Å². The van der Waals surface area contributed by atoms with Crippen LogP contribution in [0.1, 0.15) is 44.9 Å². The SMILES string of the molecule is CS(=O)(=O)N(CCC(=O)NC1CCCCCC1)c1ccc(F)c(F)c1. The molecule has 5 nitrogen and oxygen atoms in total. The first kappa shape index (κ1) is 19.6. The molecule has 1 N–H and O–H groups in total. The van der Waals surface area contributed by atoms with Crippen LogP contribution in [-0.2, 0) is 14.8 Å². The molecule has 0 unspecified atom stereocenters. The van der Waals surface area contributed by atoms with Crippen molar-refractivity contribution in [3.63, 3.8) is 0 Å². The number of sulfonamides is 1. The first-order chi connectivity index (χ1) is 11.8. The molecule has 1 aliphatic carbocycles. The third-order valence-corrected chi connectivity index (χ3v) is 5.55. The van der Waals surface area contributed by atoms with Gasteiger partial charge in [-0.2, -0.15) is 0 Å². The van der Waals surface area contributed by atoms with Crippen molar-refractivity contribution in [1.29, 1.82) is 0 Å². The zero-order valence-corrected chi connectivity index (χ0v) is 15.1. The Balaban J connectivity index is 2.00. The minimum atomic E-state index is -3.72. The van der Waals surface area contributed by atoms with E-state index in [2.05, 4.69) is 5.32 Å². The number of nitrogens with one attached hydrogen (secondary N) is 1. The van der Waals surface area contributed by atoms with Crippen LogP contribution < -0.4 is 9.62 Å². The molecule has 0 atom stereocenters. The number of nitrogens with zero attached hydrogens (tertiary/aromatic N) is 1. The minimum Gasteiger partial charge on any atom is -0.353 e.